The zero-order chi connectivity index (χ0) is 14.9. The van der Waals surface area contributed by atoms with E-state index in [0.29, 0.717) is 11.4 Å². The van der Waals surface area contributed by atoms with Crippen LogP contribution in [0.1, 0.15) is 24.3 Å². The molecule has 112 valence electrons. The molecule has 0 aliphatic carbocycles. The molecule has 1 saturated heterocycles. The Balaban J connectivity index is 1.80. The van der Waals surface area contributed by atoms with Crippen LogP contribution in [-0.2, 0) is 0 Å². The molecule has 22 heavy (non-hydrogen) atoms. The van der Waals surface area contributed by atoms with E-state index in [4.69, 9.17) is 0 Å². The maximum atomic E-state index is 11.8. The van der Waals surface area contributed by atoms with Crippen molar-refractivity contribution in [3.8, 4) is 11.1 Å². The van der Waals surface area contributed by atoms with Crippen molar-refractivity contribution in [3.63, 3.8) is 0 Å². The fourth-order valence-corrected chi connectivity index (χ4v) is 3.42. The number of hydrogen-bond acceptors (Lipinski definition) is 2. The SMILES string of the molecule is O=c1[nH]cc(-c2cccc(C3CCNCC3)c2)c2cc[nH]c12. The van der Waals surface area contributed by atoms with Gasteiger partial charge in [0.15, 0.2) is 0 Å². The second-order valence-corrected chi connectivity index (χ2v) is 5.95. The Hall–Kier alpha value is -2.33. The van der Waals surface area contributed by atoms with Crippen LogP contribution >= 0.6 is 0 Å². The summed E-state index contributed by atoms with van der Waals surface area (Å²) in [4.78, 5) is 17.7. The van der Waals surface area contributed by atoms with Crippen LogP contribution in [-0.4, -0.2) is 23.1 Å². The van der Waals surface area contributed by atoms with Crippen LogP contribution in [0.25, 0.3) is 22.0 Å². The van der Waals surface area contributed by atoms with Gasteiger partial charge in [0.1, 0.15) is 5.52 Å². The van der Waals surface area contributed by atoms with Gasteiger partial charge in [0.2, 0.25) is 0 Å². The monoisotopic (exact) mass is 293 g/mol. The van der Waals surface area contributed by atoms with E-state index in [1.54, 1.807) is 0 Å². The number of aromatic amines is 2. The average Bonchev–Trinajstić information content (AvgIpc) is 3.07. The van der Waals surface area contributed by atoms with E-state index >= 15 is 0 Å². The van der Waals surface area contributed by atoms with Gasteiger partial charge in [0.25, 0.3) is 5.56 Å². The van der Waals surface area contributed by atoms with Crippen LogP contribution in [0.3, 0.4) is 0 Å². The van der Waals surface area contributed by atoms with Crippen molar-refractivity contribution in [2.75, 3.05) is 13.1 Å². The zero-order valence-electron chi connectivity index (χ0n) is 12.4. The number of H-pyrrole nitrogens is 2. The number of benzene rings is 1. The Labute approximate surface area is 128 Å². The predicted molar refractivity (Wildman–Crippen MR) is 89.2 cm³/mol. The molecule has 3 aromatic rings. The van der Waals surface area contributed by atoms with Gasteiger partial charge in [-0.2, -0.15) is 0 Å². The zero-order valence-corrected chi connectivity index (χ0v) is 12.4. The summed E-state index contributed by atoms with van der Waals surface area (Å²) in [5.41, 5.74) is 4.21. The van der Waals surface area contributed by atoms with Crippen molar-refractivity contribution in [3.05, 3.63) is 58.6 Å². The lowest BCUT2D eigenvalue weighted by atomic mass is 9.88. The third-order valence-corrected chi connectivity index (χ3v) is 4.62. The van der Waals surface area contributed by atoms with Crippen LogP contribution in [0.2, 0.25) is 0 Å². The minimum Gasteiger partial charge on any atom is -0.357 e. The highest BCUT2D eigenvalue weighted by atomic mass is 16.1. The van der Waals surface area contributed by atoms with E-state index in [2.05, 4.69) is 39.6 Å². The van der Waals surface area contributed by atoms with Crippen molar-refractivity contribution in [1.29, 1.82) is 0 Å². The number of nitrogens with one attached hydrogen (secondary N) is 3. The summed E-state index contributed by atoms with van der Waals surface area (Å²) in [6.45, 7) is 2.19. The maximum absolute atomic E-state index is 11.8. The average molecular weight is 293 g/mol. The van der Waals surface area contributed by atoms with Crippen molar-refractivity contribution in [1.82, 2.24) is 15.3 Å². The van der Waals surface area contributed by atoms with E-state index in [1.165, 1.54) is 18.4 Å². The Bertz CT molecular complexity index is 856. The van der Waals surface area contributed by atoms with Crippen molar-refractivity contribution in [2.24, 2.45) is 0 Å². The Morgan fingerprint density at radius 1 is 1.05 bits per heavy atom. The first-order valence-corrected chi connectivity index (χ1v) is 7.83. The summed E-state index contributed by atoms with van der Waals surface area (Å²) in [5, 5.41) is 4.39. The Morgan fingerprint density at radius 2 is 1.91 bits per heavy atom. The van der Waals surface area contributed by atoms with Crippen LogP contribution in [0.15, 0.2) is 47.5 Å². The second kappa shape index (κ2) is 5.46. The smallest absolute Gasteiger partial charge is 0.272 e. The Kier molecular flexibility index (Phi) is 3.31. The third kappa shape index (κ3) is 2.25. The summed E-state index contributed by atoms with van der Waals surface area (Å²) in [7, 11) is 0. The van der Waals surface area contributed by atoms with Gasteiger partial charge in [-0.3, -0.25) is 4.79 Å². The topological polar surface area (TPSA) is 60.7 Å². The Morgan fingerprint density at radius 3 is 2.77 bits per heavy atom. The lowest BCUT2D eigenvalue weighted by Gasteiger charge is -2.23. The number of rotatable bonds is 2. The number of pyridine rings is 1. The largest absolute Gasteiger partial charge is 0.357 e. The summed E-state index contributed by atoms with van der Waals surface area (Å²) >= 11 is 0. The molecule has 0 bridgehead atoms. The normalized spacial score (nSPS) is 16.2. The van der Waals surface area contributed by atoms with Crippen molar-refractivity contribution < 1.29 is 0 Å². The first-order valence-electron chi connectivity index (χ1n) is 7.83. The minimum atomic E-state index is -0.0711. The molecule has 1 fully saturated rings. The van der Waals surface area contributed by atoms with E-state index < -0.39 is 0 Å². The number of piperidine rings is 1. The van der Waals surface area contributed by atoms with E-state index in [-0.39, 0.29) is 5.56 Å². The molecule has 4 heteroatoms. The summed E-state index contributed by atoms with van der Waals surface area (Å²) in [6, 6.07) is 10.7. The molecule has 0 spiro atoms. The molecule has 0 saturated carbocycles. The quantitative estimate of drug-likeness (QED) is 0.680. The van der Waals surface area contributed by atoms with E-state index in [0.717, 1.165) is 29.6 Å². The lowest BCUT2D eigenvalue weighted by Crippen LogP contribution is -2.26. The van der Waals surface area contributed by atoms with Crippen molar-refractivity contribution in [2.45, 2.75) is 18.8 Å². The summed E-state index contributed by atoms with van der Waals surface area (Å²) in [5.74, 6) is 0.630. The first kappa shape index (κ1) is 13.3. The molecule has 2 aromatic heterocycles. The van der Waals surface area contributed by atoms with Crippen LogP contribution < -0.4 is 10.9 Å². The molecule has 1 aromatic carbocycles. The van der Waals surface area contributed by atoms with Gasteiger partial charge < -0.3 is 15.3 Å². The number of fused-ring (bicyclic) bond motifs is 1. The van der Waals surface area contributed by atoms with E-state index in [9.17, 15) is 4.79 Å². The van der Waals surface area contributed by atoms with Gasteiger partial charge in [0, 0.05) is 23.3 Å². The molecule has 1 aliphatic rings. The highest BCUT2D eigenvalue weighted by Crippen LogP contribution is 2.31. The predicted octanol–water partition coefficient (Wildman–Crippen LogP) is 2.99. The fourth-order valence-electron chi connectivity index (χ4n) is 3.42. The van der Waals surface area contributed by atoms with E-state index in [1.807, 2.05) is 18.5 Å². The molecule has 0 radical (unpaired) electrons. The number of hydrogen-bond donors (Lipinski definition) is 3. The van der Waals surface area contributed by atoms with Crippen LogP contribution in [0, 0.1) is 0 Å². The second-order valence-electron chi connectivity index (χ2n) is 5.95. The molecule has 4 rings (SSSR count). The molecule has 1 aliphatic heterocycles. The molecular weight excluding hydrogens is 274 g/mol. The molecule has 0 atom stereocenters. The maximum Gasteiger partial charge on any atom is 0.272 e. The highest BCUT2D eigenvalue weighted by molar-refractivity contribution is 5.94. The summed E-state index contributed by atoms with van der Waals surface area (Å²) in [6.07, 6.45) is 6.02. The van der Waals surface area contributed by atoms with Crippen LogP contribution in [0.5, 0.6) is 0 Å². The third-order valence-electron chi connectivity index (χ3n) is 4.62. The molecule has 0 amide bonds. The van der Waals surface area contributed by atoms with Gasteiger partial charge in [-0.15, -0.1) is 0 Å². The highest BCUT2D eigenvalue weighted by Gasteiger charge is 2.16. The summed E-state index contributed by atoms with van der Waals surface area (Å²) < 4.78 is 0. The molecule has 3 heterocycles. The van der Waals surface area contributed by atoms with Gasteiger partial charge >= 0.3 is 0 Å². The molecular formula is C18H19N3O. The fraction of sp³-hybridized carbons (Fsp3) is 0.278. The first-order chi connectivity index (χ1) is 10.8. The number of aromatic nitrogens is 2. The van der Waals surface area contributed by atoms with Gasteiger partial charge in [-0.1, -0.05) is 24.3 Å². The molecule has 4 nitrogen and oxygen atoms in total. The van der Waals surface area contributed by atoms with Crippen LogP contribution in [0.4, 0.5) is 0 Å². The van der Waals surface area contributed by atoms with Crippen molar-refractivity contribution >= 4 is 10.9 Å². The van der Waals surface area contributed by atoms with Gasteiger partial charge in [-0.25, -0.2) is 0 Å². The van der Waals surface area contributed by atoms with Gasteiger partial charge in [0.05, 0.1) is 0 Å². The van der Waals surface area contributed by atoms with Gasteiger partial charge in [-0.05, 0) is 49.0 Å². The molecule has 3 N–H and O–H groups in total. The lowest BCUT2D eigenvalue weighted by molar-refractivity contribution is 0.460. The molecule has 0 unspecified atom stereocenters. The minimum absolute atomic E-state index is 0.0711. The standard InChI is InChI=1S/C18H19N3O/c22-18-17-15(6-9-20-17)16(11-21-18)14-3-1-2-13(10-14)12-4-7-19-8-5-12/h1-3,6,9-12,19-20H,4-5,7-8H2,(H,21,22).